The van der Waals surface area contributed by atoms with E-state index in [2.05, 4.69) is 20.5 Å². The van der Waals surface area contributed by atoms with Gasteiger partial charge in [0.05, 0.1) is 0 Å². The second kappa shape index (κ2) is 8.70. The molecule has 3 rings (SSSR count). The largest absolute Gasteiger partial charge is 0.505 e. The number of hydrogen-bond acceptors (Lipinski definition) is 3. The van der Waals surface area contributed by atoms with Crippen molar-refractivity contribution in [1.82, 2.24) is 10.6 Å². The van der Waals surface area contributed by atoms with Gasteiger partial charge < -0.3 is 20.6 Å². The Labute approximate surface area is 157 Å². The van der Waals surface area contributed by atoms with Crippen LogP contribution in [-0.2, 0) is 6.54 Å². The predicted molar refractivity (Wildman–Crippen MR) is 103 cm³/mol. The Balaban J connectivity index is 1.48. The lowest BCUT2D eigenvalue weighted by Gasteiger charge is -2.34. The number of halogens is 2. The van der Waals surface area contributed by atoms with Gasteiger partial charge in [-0.2, -0.15) is 0 Å². The zero-order valence-electron chi connectivity index (χ0n) is 15.3. The van der Waals surface area contributed by atoms with E-state index in [4.69, 9.17) is 0 Å². The van der Waals surface area contributed by atoms with Gasteiger partial charge in [0.1, 0.15) is 5.82 Å². The summed E-state index contributed by atoms with van der Waals surface area (Å²) in [5.41, 5.74) is 1.62. The predicted octanol–water partition coefficient (Wildman–Crippen LogP) is 3.00. The topological polar surface area (TPSA) is 59.9 Å². The molecule has 5 nitrogen and oxygen atoms in total. The summed E-state index contributed by atoms with van der Waals surface area (Å²) in [5.74, 6) is -0.566. The Morgan fingerprint density at radius 1 is 1.19 bits per heavy atom. The second-order valence-electron chi connectivity index (χ2n) is 6.60. The Hall–Kier alpha value is -2.83. The van der Waals surface area contributed by atoms with Crippen LogP contribution in [0.25, 0.3) is 0 Å². The van der Waals surface area contributed by atoms with Crippen molar-refractivity contribution in [2.75, 3.05) is 25.0 Å². The minimum atomic E-state index is -0.637. The number of rotatable bonds is 4. The van der Waals surface area contributed by atoms with Crippen molar-refractivity contribution < 1.29 is 13.9 Å². The average molecular weight is 374 g/mol. The van der Waals surface area contributed by atoms with Gasteiger partial charge in [-0.3, -0.25) is 4.99 Å². The SMILES string of the molecule is CN=C(NCc1ccc(O)c(F)c1)NC1CCN(c2cccc(F)c2)CC1. The fourth-order valence-electron chi connectivity index (χ4n) is 3.19. The van der Waals surface area contributed by atoms with Gasteiger partial charge in [0, 0.05) is 38.4 Å². The lowest BCUT2D eigenvalue weighted by atomic mass is 10.0. The molecule has 0 spiro atoms. The van der Waals surface area contributed by atoms with Crippen LogP contribution < -0.4 is 15.5 Å². The molecule has 0 saturated carbocycles. The molecule has 144 valence electrons. The van der Waals surface area contributed by atoms with E-state index in [1.807, 2.05) is 6.07 Å². The molecule has 0 radical (unpaired) electrons. The Morgan fingerprint density at radius 2 is 1.96 bits per heavy atom. The summed E-state index contributed by atoms with van der Waals surface area (Å²) >= 11 is 0. The van der Waals surface area contributed by atoms with Crippen molar-refractivity contribution in [2.24, 2.45) is 4.99 Å². The number of phenolic OH excluding ortho intramolecular Hbond substituents is 1. The van der Waals surface area contributed by atoms with Crippen LogP contribution in [0.4, 0.5) is 14.5 Å². The minimum absolute atomic E-state index is 0.219. The molecule has 2 aromatic rings. The molecule has 0 amide bonds. The van der Waals surface area contributed by atoms with Crippen molar-refractivity contribution in [3.63, 3.8) is 0 Å². The molecule has 1 saturated heterocycles. The summed E-state index contributed by atoms with van der Waals surface area (Å²) in [6, 6.07) is 11.2. The molecular weight excluding hydrogens is 350 g/mol. The number of nitrogens with zero attached hydrogens (tertiary/aromatic N) is 2. The van der Waals surface area contributed by atoms with E-state index in [0.717, 1.165) is 31.6 Å². The van der Waals surface area contributed by atoms with Crippen LogP contribution in [0.1, 0.15) is 18.4 Å². The first-order valence-corrected chi connectivity index (χ1v) is 9.00. The van der Waals surface area contributed by atoms with Crippen molar-refractivity contribution >= 4 is 11.6 Å². The fourth-order valence-corrected chi connectivity index (χ4v) is 3.19. The number of anilines is 1. The maximum absolute atomic E-state index is 13.4. The standard InChI is InChI=1S/C20H24F2N4O/c1-23-20(24-13-14-5-6-19(27)18(22)11-14)25-16-7-9-26(10-8-16)17-4-2-3-15(21)12-17/h2-6,11-12,16,27H,7-10,13H2,1H3,(H2,23,24,25). The number of aliphatic imine (C=N–C) groups is 1. The summed E-state index contributed by atoms with van der Waals surface area (Å²) in [6.45, 7) is 2.07. The van der Waals surface area contributed by atoms with Crippen LogP contribution >= 0.6 is 0 Å². The molecule has 1 aliphatic rings. The minimum Gasteiger partial charge on any atom is -0.505 e. The first kappa shape index (κ1) is 18.9. The molecule has 1 fully saturated rings. The number of nitrogens with one attached hydrogen (secondary N) is 2. The molecule has 1 heterocycles. The highest BCUT2D eigenvalue weighted by Crippen LogP contribution is 2.21. The zero-order valence-corrected chi connectivity index (χ0v) is 15.3. The van der Waals surface area contributed by atoms with Gasteiger partial charge in [-0.05, 0) is 48.7 Å². The summed E-state index contributed by atoms with van der Waals surface area (Å²) in [7, 11) is 1.69. The Morgan fingerprint density at radius 3 is 2.63 bits per heavy atom. The first-order chi connectivity index (χ1) is 13.0. The zero-order chi connectivity index (χ0) is 19.2. The highest BCUT2D eigenvalue weighted by Gasteiger charge is 2.20. The lowest BCUT2D eigenvalue weighted by Crippen LogP contribution is -2.48. The van der Waals surface area contributed by atoms with Gasteiger partial charge in [-0.25, -0.2) is 8.78 Å². The Bertz CT molecular complexity index is 804. The van der Waals surface area contributed by atoms with E-state index < -0.39 is 5.82 Å². The normalized spacial score (nSPS) is 15.7. The molecule has 0 atom stereocenters. The molecule has 0 unspecified atom stereocenters. The van der Waals surface area contributed by atoms with E-state index in [-0.39, 0.29) is 17.6 Å². The smallest absolute Gasteiger partial charge is 0.191 e. The number of phenols is 1. The van der Waals surface area contributed by atoms with Crippen molar-refractivity contribution in [3.8, 4) is 5.75 Å². The molecule has 0 aliphatic carbocycles. The van der Waals surface area contributed by atoms with Crippen LogP contribution in [0, 0.1) is 11.6 Å². The Kier molecular flexibility index (Phi) is 6.11. The number of piperidine rings is 1. The molecular formula is C20H24F2N4O. The van der Waals surface area contributed by atoms with Crippen LogP contribution in [0.3, 0.4) is 0 Å². The van der Waals surface area contributed by atoms with Crippen molar-refractivity contribution in [3.05, 3.63) is 59.7 Å². The average Bonchev–Trinajstić information content (AvgIpc) is 2.68. The van der Waals surface area contributed by atoms with Crippen LogP contribution in [-0.4, -0.2) is 37.2 Å². The maximum Gasteiger partial charge on any atom is 0.191 e. The molecule has 0 aromatic heterocycles. The molecule has 7 heteroatoms. The van der Waals surface area contributed by atoms with Gasteiger partial charge >= 0.3 is 0 Å². The maximum atomic E-state index is 13.4. The number of hydrogen-bond donors (Lipinski definition) is 3. The lowest BCUT2D eigenvalue weighted by molar-refractivity contribution is 0.431. The summed E-state index contributed by atoms with van der Waals surface area (Å²) in [5, 5.41) is 15.8. The first-order valence-electron chi connectivity index (χ1n) is 9.00. The summed E-state index contributed by atoms with van der Waals surface area (Å²) in [4.78, 5) is 6.39. The van der Waals surface area contributed by atoms with E-state index in [9.17, 15) is 13.9 Å². The quantitative estimate of drug-likeness (QED) is 0.569. The molecule has 3 N–H and O–H groups in total. The second-order valence-corrected chi connectivity index (χ2v) is 6.60. The van der Waals surface area contributed by atoms with Crippen molar-refractivity contribution in [2.45, 2.75) is 25.4 Å². The van der Waals surface area contributed by atoms with Crippen molar-refractivity contribution in [1.29, 1.82) is 0 Å². The number of benzene rings is 2. The van der Waals surface area contributed by atoms with E-state index in [1.165, 1.54) is 18.2 Å². The molecule has 27 heavy (non-hydrogen) atoms. The number of aromatic hydroxyl groups is 1. The van der Waals surface area contributed by atoms with E-state index in [0.29, 0.717) is 18.1 Å². The van der Waals surface area contributed by atoms with Crippen LogP contribution in [0.5, 0.6) is 5.75 Å². The van der Waals surface area contributed by atoms with Crippen LogP contribution in [0.2, 0.25) is 0 Å². The summed E-state index contributed by atoms with van der Waals surface area (Å²) < 4.78 is 26.8. The molecule has 2 aromatic carbocycles. The van der Waals surface area contributed by atoms with E-state index in [1.54, 1.807) is 25.2 Å². The van der Waals surface area contributed by atoms with Gasteiger partial charge in [0.25, 0.3) is 0 Å². The molecule has 0 bridgehead atoms. The highest BCUT2D eigenvalue weighted by atomic mass is 19.1. The monoisotopic (exact) mass is 374 g/mol. The highest BCUT2D eigenvalue weighted by molar-refractivity contribution is 5.80. The fraction of sp³-hybridized carbons (Fsp3) is 0.350. The van der Waals surface area contributed by atoms with Gasteiger partial charge in [-0.15, -0.1) is 0 Å². The van der Waals surface area contributed by atoms with Gasteiger partial charge in [-0.1, -0.05) is 12.1 Å². The summed E-state index contributed by atoms with van der Waals surface area (Å²) in [6.07, 6.45) is 1.82. The van der Waals surface area contributed by atoms with E-state index >= 15 is 0 Å². The van der Waals surface area contributed by atoms with Gasteiger partial charge in [0.2, 0.25) is 0 Å². The third-order valence-electron chi connectivity index (χ3n) is 4.70. The third kappa shape index (κ3) is 5.09. The molecule has 1 aliphatic heterocycles. The number of guanidine groups is 1. The van der Waals surface area contributed by atoms with Crippen LogP contribution in [0.15, 0.2) is 47.5 Å². The third-order valence-corrected chi connectivity index (χ3v) is 4.70. The van der Waals surface area contributed by atoms with Gasteiger partial charge in [0.15, 0.2) is 17.5 Å².